The van der Waals surface area contributed by atoms with Crippen LogP contribution < -0.4 is 5.32 Å². The smallest absolute Gasteiger partial charge is 0.0465 e. The van der Waals surface area contributed by atoms with Gasteiger partial charge in [-0.05, 0) is 37.6 Å². The normalized spacial score (nSPS) is 20.8. The van der Waals surface area contributed by atoms with Crippen molar-refractivity contribution in [1.82, 2.24) is 5.32 Å². The van der Waals surface area contributed by atoms with Gasteiger partial charge in [0.2, 0.25) is 0 Å². The summed E-state index contributed by atoms with van der Waals surface area (Å²) in [6, 6.07) is 0.697. The van der Waals surface area contributed by atoms with Crippen molar-refractivity contribution in [2.75, 3.05) is 20.3 Å². The van der Waals surface area contributed by atoms with Gasteiger partial charge in [-0.15, -0.1) is 0 Å². The van der Waals surface area contributed by atoms with Gasteiger partial charge in [0.15, 0.2) is 0 Å². The molecule has 0 aromatic rings. The summed E-state index contributed by atoms with van der Waals surface area (Å²) in [6.07, 6.45) is 11.1. The molecule has 0 spiro atoms. The number of rotatable bonds is 9. The minimum Gasteiger partial charge on any atom is -0.385 e. The van der Waals surface area contributed by atoms with E-state index in [4.69, 9.17) is 4.74 Å². The molecule has 0 aromatic carbocycles. The molecule has 0 amide bonds. The Morgan fingerprint density at radius 3 is 2.56 bits per heavy atom. The molecular weight excluding hydrogens is 222 g/mol. The average Bonchev–Trinajstić information content (AvgIpc) is 2.42. The lowest BCUT2D eigenvalue weighted by Gasteiger charge is -2.31. The third kappa shape index (κ3) is 6.19. The van der Waals surface area contributed by atoms with Gasteiger partial charge in [0, 0.05) is 19.8 Å². The van der Waals surface area contributed by atoms with Gasteiger partial charge < -0.3 is 10.1 Å². The number of methoxy groups -OCH3 is 1. The SMILES string of the molecule is CCCNC(CC1CCCCC1)C(C)CCOC. The van der Waals surface area contributed by atoms with Crippen LogP contribution in [0.3, 0.4) is 0 Å². The zero-order chi connectivity index (χ0) is 13.2. The van der Waals surface area contributed by atoms with E-state index < -0.39 is 0 Å². The van der Waals surface area contributed by atoms with E-state index in [9.17, 15) is 0 Å². The van der Waals surface area contributed by atoms with Crippen molar-refractivity contribution in [2.24, 2.45) is 11.8 Å². The van der Waals surface area contributed by atoms with Crippen molar-refractivity contribution in [3.63, 3.8) is 0 Å². The summed E-state index contributed by atoms with van der Waals surface area (Å²) in [7, 11) is 1.81. The van der Waals surface area contributed by atoms with Gasteiger partial charge in [0.05, 0.1) is 0 Å². The lowest BCUT2D eigenvalue weighted by atomic mass is 9.81. The molecule has 1 saturated carbocycles. The highest BCUT2D eigenvalue weighted by Gasteiger charge is 2.22. The molecule has 2 nitrogen and oxygen atoms in total. The molecule has 0 bridgehead atoms. The predicted molar refractivity (Wildman–Crippen MR) is 78.9 cm³/mol. The quantitative estimate of drug-likeness (QED) is 0.672. The van der Waals surface area contributed by atoms with Gasteiger partial charge in [0.1, 0.15) is 0 Å². The fraction of sp³-hybridized carbons (Fsp3) is 1.00. The first-order valence-corrected chi connectivity index (χ1v) is 8.00. The maximum Gasteiger partial charge on any atom is 0.0465 e. The molecule has 2 atom stereocenters. The Morgan fingerprint density at radius 2 is 1.94 bits per heavy atom. The highest BCUT2D eigenvalue weighted by molar-refractivity contribution is 4.78. The second-order valence-electron chi connectivity index (χ2n) is 6.06. The summed E-state index contributed by atoms with van der Waals surface area (Å²) in [6.45, 7) is 6.70. The fourth-order valence-electron chi connectivity index (χ4n) is 3.13. The highest BCUT2D eigenvalue weighted by atomic mass is 16.5. The standard InChI is InChI=1S/C16H33NO/c1-4-11-17-16(14(2)10-12-18-3)13-15-8-6-5-7-9-15/h14-17H,4-13H2,1-3H3. The van der Waals surface area contributed by atoms with Crippen molar-refractivity contribution in [2.45, 2.75) is 71.3 Å². The molecule has 2 unspecified atom stereocenters. The summed E-state index contributed by atoms with van der Waals surface area (Å²) in [5.74, 6) is 1.71. The van der Waals surface area contributed by atoms with Gasteiger partial charge in [0.25, 0.3) is 0 Å². The van der Waals surface area contributed by atoms with Crippen LogP contribution >= 0.6 is 0 Å². The maximum absolute atomic E-state index is 5.23. The van der Waals surface area contributed by atoms with Crippen LogP contribution in [0.5, 0.6) is 0 Å². The molecule has 0 aromatic heterocycles. The molecule has 0 aliphatic heterocycles. The Morgan fingerprint density at radius 1 is 1.22 bits per heavy atom. The van der Waals surface area contributed by atoms with Crippen LogP contribution in [0.2, 0.25) is 0 Å². The Labute approximate surface area is 114 Å². The van der Waals surface area contributed by atoms with Crippen molar-refractivity contribution in [3.8, 4) is 0 Å². The van der Waals surface area contributed by atoms with Gasteiger partial charge in [-0.3, -0.25) is 0 Å². The Bertz CT molecular complexity index is 190. The van der Waals surface area contributed by atoms with Crippen LogP contribution in [0, 0.1) is 11.8 Å². The zero-order valence-corrected chi connectivity index (χ0v) is 12.7. The van der Waals surface area contributed by atoms with Crippen LogP contribution in [-0.4, -0.2) is 26.3 Å². The van der Waals surface area contributed by atoms with E-state index >= 15 is 0 Å². The molecule has 0 radical (unpaired) electrons. The van der Waals surface area contributed by atoms with Crippen LogP contribution in [-0.2, 0) is 4.74 Å². The summed E-state index contributed by atoms with van der Waals surface area (Å²) in [5, 5.41) is 3.77. The van der Waals surface area contributed by atoms with E-state index in [2.05, 4.69) is 19.2 Å². The number of hydrogen-bond donors (Lipinski definition) is 1. The van der Waals surface area contributed by atoms with Gasteiger partial charge in [-0.25, -0.2) is 0 Å². The molecule has 1 fully saturated rings. The molecule has 1 rings (SSSR count). The topological polar surface area (TPSA) is 21.3 Å². The Kier molecular flexibility index (Phi) is 8.70. The van der Waals surface area contributed by atoms with E-state index in [0.717, 1.165) is 25.0 Å². The van der Waals surface area contributed by atoms with Crippen LogP contribution in [0.15, 0.2) is 0 Å². The van der Waals surface area contributed by atoms with E-state index in [1.54, 1.807) is 0 Å². The van der Waals surface area contributed by atoms with Crippen molar-refractivity contribution < 1.29 is 4.74 Å². The van der Waals surface area contributed by atoms with E-state index in [1.165, 1.54) is 51.4 Å². The largest absolute Gasteiger partial charge is 0.385 e. The maximum atomic E-state index is 5.23. The van der Waals surface area contributed by atoms with Crippen LogP contribution in [0.25, 0.3) is 0 Å². The van der Waals surface area contributed by atoms with E-state index in [-0.39, 0.29) is 0 Å². The van der Waals surface area contributed by atoms with Crippen LogP contribution in [0.4, 0.5) is 0 Å². The first kappa shape index (κ1) is 16.0. The lowest BCUT2D eigenvalue weighted by molar-refractivity contribution is 0.161. The summed E-state index contributed by atoms with van der Waals surface area (Å²) in [5.41, 5.74) is 0. The summed E-state index contributed by atoms with van der Waals surface area (Å²) >= 11 is 0. The Hall–Kier alpha value is -0.0800. The molecule has 2 heteroatoms. The third-order valence-electron chi connectivity index (χ3n) is 4.43. The molecular formula is C16H33NO. The van der Waals surface area contributed by atoms with Gasteiger partial charge in [-0.1, -0.05) is 46.0 Å². The fourth-order valence-corrected chi connectivity index (χ4v) is 3.13. The van der Waals surface area contributed by atoms with E-state index in [1.807, 2.05) is 7.11 Å². The lowest BCUT2D eigenvalue weighted by Crippen LogP contribution is -2.38. The van der Waals surface area contributed by atoms with Crippen molar-refractivity contribution in [3.05, 3.63) is 0 Å². The Balaban J connectivity index is 2.37. The monoisotopic (exact) mass is 255 g/mol. The molecule has 108 valence electrons. The minimum absolute atomic E-state index is 0.697. The molecule has 1 aliphatic carbocycles. The van der Waals surface area contributed by atoms with E-state index in [0.29, 0.717) is 6.04 Å². The molecule has 0 heterocycles. The molecule has 18 heavy (non-hydrogen) atoms. The van der Waals surface area contributed by atoms with Crippen LogP contribution in [0.1, 0.15) is 65.2 Å². The second kappa shape index (κ2) is 9.80. The second-order valence-corrected chi connectivity index (χ2v) is 6.06. The zero-order valence-electron chi connectivity index (χ0n) is 12.7. The first-order valence-electron chi connectivity index (χ1n) is 8.00. The number of ether oxygens (including phenoxy) is 1. The minimum atomic E-state index is 0.697. The molecule has 1 N–H and O–H groups in total. The average molecular weight is 255 g/mol. The number of hydrogen-bond acceptors (Lipinski definition) is 2. The first-order chi connectivity index (χ1) is 8.77. The highest BCUT2D eigenvalue weighted by Crippen LogP contribution is 2.29. The van der Waals surface area contributed by atoms with Gasteiger partial charge in [-0.2, -0.15) is 0 Å². The molecule has 0 saturated heterocycles. The predicted octanol–water partition coefficient (Wildman–Crippen LogP) is 4.00. The van der Waals surface area contributed by atoms with Crippen molar-refractivity contribution >= 4 is 0 Å². The van der Waals surface area contributed by atoms with Gasteiger partial charge >= 0.3 is 0 Å². The summed E-state index contributed by atoms with van der Waals surface area (Å²) in [4.78, 5) is 0. The summed E-state index contributed by atoms with van der Waals surface area (Å²) < 4.78 is 5.23. The number of nitrogens with one attached hydrogen (secondary N) is 1. The third-order valence-corrected chi connectivity index (χ3v) is 4.43. The van der Waals surface area contributed by atoms with Crippen molar-refractivity contribution in [1.29, 1.82) is 0 Å². The molecule has 1 aliphatic rings.